The molecule has 0 spiro atoms. The highest BCUT2D eigenvalue weighted by Gasteiger charge is 2.15. The number of aromatic nitrogens is 4. The maximum absolute atomic E-state index is 12.7. The molecule has 0 atom stereocenters. The van der Waals surface area contributed by atoms with Crippen molar-refractivity contribution in [2.75, 3.05) is 11.9 Å². The molecular weight excluding hydrogens is 382 g/mol. The van der Waals surface area contributed by atoms with Crippen molar-refractivity contribution >= 4 is 33.5 Å². The van der Waals surface area contributed by atoms with E-state index in [9.17, 15) is 14.4 Å². The summed E-state index contributed by atoms with van der Waals surface area (Å²) in [6.07, 6.45) is 2.42. The average molecular weight is 405 g/mol. The summed E-state index contributed by atoms with van der Waals surface area (Å²) in [5, 5.41) is 2.21. The second kappa shape index (κ2) is 7.62. The molecule has 0 N–H and O–H groups in total. The van der Waals surface area contributed by atoms with Gasteiger partial charge >= 0.3 is 5.69 Å². The van der Waals surface area contributed by atoms with Gasteiger partial charge < -0.3 is 9.47 Å². The van der Waals surface area contributed by atoms with Crippen LogP contribution < -0.4 is 16.1 Å². The molecule has 0 unspecified atom stereocenters. The number of rotatable bonds is 5. The highest BCUT2D eigenvalue weighted by molar-refractivity contribution is 5.95. The summed E-state index contributed by atoms with van der Waals surface area (Å²) in [6, 6.07) is 14.0. The van der Waals surface area contributed by atoms with Crippen LogP contribution in [0.3, 0.4) is 0 Å². The standard InChI is InChI=1S/C22H23N5O3/c1-24(17-11-10-15-7-4-5-8-16(15)13-17)18(28)9-6-12-27-14-23-20-19(27)21(29)26(3)22(30)25(20)2/h4-5,7-8,10-11,13-14H,6,9,12H2,1-3H3. The maximum atomic E-state index is 12.7. The fraction of sp³-hybridized carbons (Fsp3) is 0.273. The van der Waals surface area contributed by atoms with Crippen LogP contribution in [0.15, 0.2) is 58.4 Å². The van der Waals surface area contributed by atoms with Crippen molar-refractivity contribution in [3.63, 3.8) is 0 Å². The maximum Gasteiger partial charge on any atom is 0.332 e. The van der Waals surface area contributed by atoms with E-state index in [2.05, 4.69) is 4.98 Å². The lowest BCUT2D eigenvalue weighted by atomic mass is 10.1. The monoisotopic (exact) mass is 405 g/mol. The largest absolute Gasteiger partial charge is 0.332 e. The van der Waals surface area contributed by atoms with E-state index in [-0.39, 0.29) is 11.5 Å². The molecule has 30 heavy (non-hydrogen) atoms. The van der Waals surface area contributed by atoms with Crippen LogP contribution in [0.25, 0.3) is 21.9 Å². The van der Waals surface area contributed by atoms with Gasteiger partial charge in [0.05, 0.1) is 6.33 Å². The lowest BCUT2D eigenvalue weighted by Gasteiger charge is -2.18. The summed E-state index contributed by atoms with van der Waals surface area (Å²) in [4.78, 5) is 43.1. The number of carbonyl (C=O) groups is 1. The van der Waals surface area contributed by atoms with Crippen LogP contribution in [0.4, 0.5) is 5.69 Å². The van der Waals surface area contributed by atoms with Gasteiger partial charge in [-0.05, 0) is 29.3 Å². The van der Waals surface area contributed by atoms with Gasteiger partial charge in [0.2, 0.25) is 5.91 Å². The summed E-state index contributed by atoms with van der Waals surface area (Å²) in [5.74, 6) is -0.00463. The Labute approximate surface area is 172 Å². The molecule has 0 saturated heterocycles. The van der Waals surface area contributed by atoms with Gasteiger partial charge in [0.1, 0.15) is 0 Å². The van der Waals surface area contributed by atoms with Gasteiger partial charge in [0, 0.05) is 39.8 Å². The third-order valence-electron chi connectivity index (χ3n) is 5.50. The van der Waals surface area contributed by atoms with E-state index >= 15 is 0 Å². The molecule has 0 fully saturated rings. The van der Waals surface area contributed by atoms with Gasteiger partial charge in [-0.25, -0.2) is 9.78 Å². The lowest BCUT2D eigenvalue weighted by molar-refractivity contribution is -0.118. The van der Waals surface area contributed by atoms with Crippen LogP contribution in [0, 0.1) is 0 Å². The summed E-state index contributed by atoms with van der Waals surface area (Å²) in [5.41, 5.74) is 0.767. The Morgan fingerprint density at radius 3 is 2.53 bits per heavy atom. The molecule has 0 aliphatic heterocycles. The number of amides is 1. The van der Waals surface area contributed by atoms with E-state index in [1.807, 2.05) is 42.5 Å². The molecule has 2 aromatic heterocycles. The fourth-order valence-corrected chi connectivity index (χ4v) is 3.66. The van der Waals surface area contributed by atoms with Crippen LogP contribution in [0.5, 0.6) is 0 Å². The Bertz CT molecular complexity index is 1380. The molecule has 4 aromatic rings. The second-order valence-corrected chi connectivity index (χ2v) is 7.40. The van der Waals surface area contributed by atoms with E-state index in [4.69, 9.17) is 0 Å². The number of hydrogen-bond acceptors (Lipinski definition) is 4. The lowest BCUT2D eigenvalue weighted by Crippen LogP contribution is -2.37. The minimum absolute atomic E-state index is 0.00463. The zero-order chi connectivity index (χ0) is 21.4. The van der Waals surface area contributed by atoms with E-state index in [0.717, 1.165) is 21.0 Å². The van der Waals surface area contributed by atoms with E-state index in [0.29, 0.717) is 30.6 Å². The Morgan fingerprint density at radius 2 is 1.77 bits per heavy atom. The first-order valence-electron chi connectivity index (χ1n) is 9.74. The van der Waals surface area contributed by atoms with Gasteiger partial charge in [0.25, 0.3) is 5.56 Å². The van der Waals surface area contributed by atoms with Crippen molar-refractivity contribution in [2.24, 2.45) is 14.1 Å². The number of imidazole rings is 1. The first-order valence-corrected chi connectivity index (χ1v) is 9.74. The Kier molecular flexibility index (Phi) is 4.99. The normalized spacial score (nSPS) is 11.3. The number of fused-ring (bicyclic) bond motifs is 2. The summed E-state index contributed by atoms with van der Waals surface area (Å²) in [6.45, 7) is 0.460. The predicted octanol–water partition coefficient (Wildman–Crippen LogP) is 2.03. The first-order chi connectivity index (χ1) is 14.4. The van der Waals surface area contributed by atoms with E-state index in [1.165, 1.54) is 11.6 Å². The number of aryl methyl sites for hydroxylation is 2. The molecule has 8 heteroatoms. The molecule has 1 amide bonds. The smallest absolute Gasteiger partial charge is 0.325 e. The van der Waals surface area contributed by atoms with E-state index < -0.39 is 5.69 Å². The summed E-state index contributed by atoms with van der Waals surface area (Å²) >= 11 is 0. The van der Waals surface area contributed by atoms with E-state index in [1.54, 1.807) is 29.9 Å². The minimum Gasteiger partial charge on any atom is -0.325 e. The Hall–Kier alpha value is -3.68. The summed E-state index contributed by atoms with van der Waals surface area (Å²) < 4.78 is 4.13. The molecule has 0 radical (unpaired) electrons. The molecular formula is C22H23N5O3. The average Bonchev–Trinajstić information content (AvgIpc) is 3.19. The summed E-state index contributed by atoms with van der Waals surface area (Å²) in [7, 11) is 4.80. The number of benzene rings is 2. The molecule has 0 bridgehead atoms. The zero-order valence-electron chi connectivity index (χ0n) is 17.2. The second-order valence-electron chi connectivity index (χ2n) is 7.40. The van der Waals surface area contributed by atoms with Gasteiger partial charge in [0.15, 0.2) is 11.2 Å². The minimum atomic E-state index is -0.412. The van der Waals surface area contributed by atoms with Gasteiger partial charge in [-0.15, -0.1) is 0 Å². The Morgan fingerprint density at radius 1 is 1.03 bits per heavy atom. The van der Waals surface area contributed by atoms with Crippen molar-refractivity contribution in [3.8, 4) is 0 Å². The number of nitrogens with zero attached hydrogens (tertiary/aromatic N) is 5. The first kappa shape index (κ1) is 19.6. The van der Waals surface area contributed by atoms with Crippen LogP contribution in [0.1, 0.15) is 12.8 Å². The van der Waals surface area contributed by atoms with Crippen molar-refractivity contribution in [2.45, 2.75) is 19.4 Å². The molecule has 154 valence electrons. The van der Waals surface area contributed by atoms with Crippen LogP contribution >= 0.6 is 0 Å². The number of anilines is 1. The molecule has 0 aliphatic carbocycles. The quantitative estimate of drug-likeness (QED) is 0.509. The molecule has 0 saturated carbocycles. The van der Waals surface area contributed by atoms with Gasteiger partial charge in [-0.1, -0.05) is 30.3 Å². The fourth-order valence-electron chi connectivity index (χ4n) is 3.66. The van der Waals surface area contributed by atoms with Crippen molar-refractivity contribution in [3.05, 3.63) is 69.6 Å². The molecule has 0 aliphatic rings. The van der Waals surface area contributed by atoms with Gasteiger partial charge in [-0.2, -0.15) is 0 Å². The topological polar surface area (TPSA) is 82.1 Å². The van der Waals surface area contributed by atoms with Crippen molar-refractivity contribution < 1.29 is 4.79 Å². The van der Waals surface area contributed by atoms with Crippen LogP contribution in [-0.2, 0) is 25.4 Å². The third kappa shape index (κ3) is 3.30. The Balaban J connectivity index is 1.48. The highest BCUT2D eigenvalue weighted by Crippen LogP contribution is 2.22. The number of hydrogen-bond donors (Lipinski definition) is 0. The number of carbonyl (C=O) groups excluding carboxylic acids is 1. The van der Waals surface area contributed by atoms with Crippen molar-refractivity contribution in [1.82, 2.24) is 18.7 Å². The highest BCUT2D eigenvalue weighted by atomic mass is 16.2. The van der Waals surface area contributed by atoms with Crippen LogP contribution in [0.2, 0.25) is 0 Å². The molecule has 2 aromatic carbocycles. The third-order valence-corrected chi connectivity index (χ3v) is 5.50. The molecule has 4 rings (SSSR count). The molecule has 8 nitrogen and oxygen atoms in total. The van der Waals surface area contributed by atoms with Gasteiger partial charge in [-0.3, -0.25) is 18.7 Å². The van der Waals surface area contributed by atoms with Crippen molar-refractivity contribution in [1.29, 1.82) is 0 Å². The predicted molar refractivity (Wildman–Crippen MR) is 117 cm³/mol. The molecule has 2 heterocycles. The SMILES string of the molecule is CN(C(=O)CCCn1cnc2c1c(=O)n(C)c(=O)n2C)c1ccc2ccccc2c1. The zero-order valence-corrected chi connectivity index (χ0v) is 17.2. The van der Waals surface area contributed by atoms with Crippen LogP contribution in [-0.4, -0.2) is 31.6 Å².